The lowest BCUT2D eigenvalue weighted by Gasteiger charge is -2.39. The van der Waals surface area contributed by atoms with E-state index in [9.17, 15) is 9.90 Å². The van der Waals surface area contributed by atoms with Crippen molar-refractivity contribution in [3.8, 4) is 0 Å². The van der Waals surface area contributed by atoms with Crippen LogP contribution in [-0.4, -0.2) is 29.7 Å². The average Bonchev–Trinajstić information content (AvgIpc) is 2.31. The molecule has 0 bridgehead atoms. The van der Waals surface area contributed by atoms with E-state index >= 15 is 0 Å². The van der Waals surface area contributed by atoms with Gasteiger partial charge in [-0.3, -0.25) is 4.79 Å². The van der Waals surface area contributed by atoms with Gasteiger partial charge in [-0.1, -0.05) is 13.8 Å². The third-order valence-corrected chi connectivity index (χ3v) is 3.72. The highest BCUT2D eigenvalue weighted by Gasteiger charge is 2.35. The number of nitrogens with one attached hydrogen (secondary N) is 1. The summed E-state index contributed by atoms with van der Waals surface area (Å²) in [6, 6.07) is 0. The number of hydrogen-bond donors (Lipinski definition) is 3. The van der Waals surface area contributed by atoms with Crippen LogP contribution < -0.4 is 11.1 Å². The van der Waals surface area contributed by atoms with Crippen LogP contribution in [0.25, 0.3) is 0 Å². The van der Waals surface area contributed by atoms with Crippen molar-refractivity contribution in [2.24, 2.45) is 17.6 Å². The van der Waals surface area contributed by atoms with Crippen molar-refractivity contribution in [3.05, 3.63) is 0 Å². The molecule has 0 heterocycles. The van der Waals surface area contributed by atoms with E-state index in [0.717, 1.165) is 25.7 Å². The van der Waals surface area contributed by atoms with E-state index in [-0.39, 0.29) is 18.4 Å². The highest BCUT2D eigenvalue weighted by atomic mass is 16.3. The molecule has 1 fully saturated rings. The minimum Gasteiger partial charge on any atom is -0.394 e. The lowest BCUT2D eigenvalue weighted by Crippen LogP contribution is -2.55. The molecule has 1 aliphatic rings. The number of amides is 1. The van der Waals surface area contributed by atoms with Crippen molar-refractivity contribution >= 4 is 5.91 Å². The van der Waals surface area contributed by atoms with E-state index in [1.165, 1.54) is 0 Å². The summed E-state index contributed by atoms with van der Waals surface area (Å²) in [4.78, 5) is 11.8. The SMILES string of the molecule is CC1CCC(CO)(NC(=O)C(C)CN)CC1. The van der Waals surface area contributed by atoms with Gasteiger partial charge in [0.1, 0.15) is 0 Å². The van der Waals surface area contributed by atoms with E-state index in [0.29, 0.717) is 12.5 Å². The van der Waals surface area contributed by atoms with Crippen LogP contribution in [0.1, 0.15) is 39.5 Å². The van der Waals surface area contributed by atoms with Gasteiger partial charge in [-0.05, 0) is 31.6 Å². The largest absolute Gasteiger partial charge is 0.394 e. The second kappa shape index (κ2) is 5.64. The zero-order chi connectivity index (χ0) is 12.2. The fourth-order valence-corrected chi connectivity index (χ4v) is 2.13. The molecular weight excluding hydrogens is 204 g/mol. The molecule has 1 aliphatic carbocycles. The van der Waals surface area contributed by atoms with Gasteiger partial charge in [0, 0.05) is 12.5 Å². The van der Waals surface area contributed by atoms with Gasteiger partial charge in [0.2, 0.25) is 5.91 Å². The predicted octanol–water partition coefficient (Wildman–Crippen LogP) is 0.639. The summed E-state index contributed by atoms with van der Waals surface area (Å²) >= 11 is 0. The van der Waals surface area contributed by atoms with Gasteiger partial charge >= 0.3 is 0 Å². The molecule has 0 saturated heterocycles. The van der Waals surface area contributed by atoms with Crippen LogP contribution in [0.4, 0.5) is 0 Å². The van der Waals surface area contributed by atoms with Gasteiger partial charge in [0.25, 0.3) is 0 Å². The second-order valence-electron chi connectivity index (χ2n) is 5.25. The van der Waals surface area contributed by atoms with Crippen LogP contribution in [0.3, 0.4) is 0 Å². The van der Waals surface area contributed by atoms with Crippen molar-refractivity contribution in [2.75, 3.05) is 13.2 Å². The Morgan fingerprint density at radius 1 is 1.56 bits per heavy atom. The van der Waals surface area contributed by atoms with Gasteiger partial charge in [0.15, 0.2) is 0 Å². The number of aliphatic hydroxyl groups is 1. The van der Waals surface area contributed by atoms with Gasteiger partial charge in [0.05, 0.1) is 12.1 Å². The fourth-order valence-electron chi connectivity index (χ4n) is 2.13. The molecule has 4 N–H and O–H groups in total. The molecule has 16 heavy (non-hydrogen) atoms. The molecule has 4 heteroatoms. The highest BCUT2D eigenvalue weighted by molar-refractivity contribution is 5.79. The molecule has 0 aromatic carbocycles. The van der Waals surface area contributed by atoms with E-state index in [4.69, 9.17) is 5.73 Å². The molecule has 0 radical (unpaired) electrons. The maximum atomic E-state index is 11.8. The zero-order valence-electron chi connectivity index (χ0n) is 10.3. The molecular formula is C12H24N2O2. The molecule has 0 aliphatic heterocycles. The first kappa shape index (κ1) is 13.5. The van der Waals surface area contributed by atoms with Gasteiger partial charge in [-0.2, -0.15) is 0 Å². The summed E-state index contributed by atoms with van der Waals surface area (Å²) < 4.78 is 0. The normalized spacial score (nSPS) is 32.1. The summed E-state index contributed by atoms with van der Waals surface area (Å²) in [5, 5.41) is 12.5. The maximum absolute atomic E-state index is 11.8. The lowest BCUT2D eigenvalue weighted by molar-refractivity contribution is -0.127. The Labute approximate surface area is 97.6 Å². The van der Waals surface area contributed by atoms with E-state index in [2.05, 4.69) is 12.2 Å². The molecule has 1 saturated carbocycles. The number of carbonyl (C=O) groups excluding carboxylic acids is 1. The van der Waals surface area contributed by atoms with E-state index in [1.807, 2.05) is 6.92 Å². The van der Waals surface area contributed by atoms with E-state index < -0.39 is 5.54 Å². The maximum Gasteiger partial charge on any atom is 0.224 e. The van der Waals surface area contributed by atoms with Crippen LogP contribution in [0, 0.1) is 11.8 Å². The van der Waals surface area contributed by atoms with Crippen LogP contribution in [0.5, 0.6) is 0 Å². The molecule has 1 atom stereocenters. The summed E-state index contributed by atoms with van der Waals surface area (Å²) in [5.41, 5.74) is 5.07. The van der Waals surface area contributed by atoms with Crippen LogP contribution in [-0.2, 0) is 4.79 Å². The number of rotatable bonds is 4. The van der Waals surface area contributed by atoms with Gasteiger partial charge < -0.3 is 16.2 Å². The fraction of sp³-hybridized carbons (Fsp3) is 0.917. The molecule has 4 nitrogen and oxygen atoms in total. The highest BCUT2D eigenvalue weighted by Crippen LogP contribution is 2.31. The summed E-state index contributed by atoms with van der Waals surface area (Å²) in [6.45, 7) is 4.41. The average molecular weight is 228 g/mol. The zero-order valence-corrected chi connectivity index (χ0v) is 10.3. The molecule has 1 rings (SSSR count). The van der Waals surface area contributed by atoms with Crippen molar-refractivity contribution in [1.29, 1.82) is 0 Å². The van der Waals surface area contributed by atoms with Gasteiger partial charge in [-0.25, -0.2) is 0 Å². The Hall–Kier alpha value is -0.610. The topological polar surface area (TPSA) is 75.3 Å². The third kappa shape index (κ3) is 3.19. The smallest absolute Gasteiger partial charge is 0.224 e. The molecule has 1 amide bonds. The van der Waals surface area contributed by atoms with Gasteiger partial charge in [-0.15, -0.1) is 0 Å². The number of hydrogen-bond acceptors (Lipinski definition) is 3. The summed E-state index contributed by atoms with van der Waals surface area (Å²) in [6.07, 6.45) is 3.87. The van der Waals surface area contributed by atoms with Crippen molar-refractivity contribution < 1.29 is 9.90 Å². The monoisotopic (exact) mass is 228 g/mol. The second-order valence-corrected chi connectivity index (χ2v) is 5.25. The van der Waals surface area contributed by atoms with Crippen LogP contribution >= 0.6 is 0 Å². The Balaban J connectivity index is 2.57. The summed E-state index contributed by atoms with van der Waals surface area (Å²) in [5.74, 6) is 0.484. The first-order valence-corrected chi connectivity index (χ1v) is 6.16. The van der Waals surface area contributed by atoms with Crippen LogP contribution in [0.2, 0.25) is 0 Å². The first-order valence-electron chi connectivity index (χ1n) is 6.16. The minimum absolute atomic E-state index is 0.0305. The number of nitrogens with two attached hydrogens (primary N) is 1. The number of aliphatic hydroxyl groups excluding tert-OH is 1. The Morgan fingerprint density at radius 2 is 2.12 bits per heavy atom. The van der Waals surface area contributed by atoms with Crippen LogP contribution in [0.15, 0.2) is 0 Å². The summed E-state index contributed by atoms with van der Waals surface area (Å²) in [7, 11) is 0. The quantitative estimate of drug-likeness (QED) is 0.661. The van der Waals surface area contributed by atoms with Crippen molar-refractivity contribution in [2.45, 2.75) is 45.1 Å². The molecule has 0 aromatic heterocycles. The lowest BCUT2D eigenvalue weighted by atomic mass is 9.77. The Kier molecular flexibility index (Phi) is 4.74. The Morgan fingerprint density at radius 3 is 2.56 bits per heavy atom. The standard InChI is InChI=1S/C12H24N2O2/c1-9-3-5-12(8-15,6-4-9)14-11(16)10(2)7-13/h9-10,15H,3-8,13H2,1-2H3,(H,14,16). The molecule has 1 unspecified atom stereocenters. The minimum atomic E-state index is -0.396. The molecule has 0 aromatic rings. The number of carbonyl (C=O) groups is 1. The predicted molar refractivity (Wildman–Crippen MR) is 63.8 cm³/mol. The third-order valence-electron chi connectivity index (χ3n) is 3.72. The Bertz CT molecular complexity index is 235. The van der Waals surface area contributed by atoms with Crippen molar-refractivity contribution in [1.82, 2.24) is 5.32 Å². The molecule has 0 spiro atoms. The van der Waals surface area contributed by atoms with Crippen molar-refractivity contribution in [3.63, 3.8) is 0 Å². The molecule has 94 valence electrons. The van der Waals surface area contributed by atoms with E-state index in [1.54, 1.807) is 0 Å². The first-order chi connectivity index (χ1) is 7.53.